The highest BCUT2D eigenvalue weighted by Crippen LogP contribution is 2.16. The maximum atomic E-state index is 13.8. The van der Waals surface area contributed by atoms with E-state index in [9.17, 15) is 8.78 Å². The van der Waals surface area contributed by atoms with Crippen molar-refractivity contribution >= 4 is 0 Å². The van der Waals surface area contributed by atoms with E-state index in [4.69, 9.17) is 0 Å². The normalized spacial score (nSPS) is 18.2. The lowest BCUT2D eigenvalue weighted by molar-refractivity contribution is 0.233. The van der Waals surface area contributed by atoms with Gasteiger partial charge in [-0.3, -0.25) is 0 Å². The third-order valence-electron chi connectivity index (χ3n) is 3.70. The highest BCUT2D eigenvalue weighted by molar-refractivity contribution is 5.26. The number of halogens is 2. The van der Waals surface area contributed by atoms with Crippen LogP contribution in [-0.2, 0) is 6.54 Å². The van der Waals surface area contributed by atoms with Gasteiger partial charge in [-0.2, -0.15) is 0 Å². The van der Waals surface area contributed by atoms with E-state index in [1.54, 1.807) is 0 Å². The zero-order chi connectivity index (χ0) is 13.1. The van der Waals surface area contributed by atoms with Gasteiger partial charge < -0.3 is 10.2 Å². The van der Waals surface area contributed by atoms with Crippen molar-refractivity contribution in [2.75, 3.05) is 20.1 Å². The van der Waals surface area contributed by atoms with Gasteiger partial charge in [0.2, 0.25) is 0 Å². The van der Waals surface area contributed by atoms with Gasteiger partial charge in [0.1, 0.15) is 11.6 Å². The molecule has 1 aromatic rings. The van der Waals surface area contributed by atoms with Gasteiger partial charge in [-0.25, -0.2) is 8.78 Å². The van der Waals surface area contributed by atoms with Gasteiger partial charge in [-0.15, -0.1) is 0 Å². The molecule has 1 aliphatic rings. The molecule has 1 heterocycles. The summed E-state index contributed by atoms with van der Waals surface area (Å²) in [7, 11) is 2.11. The minimum atomic E-state index is -0.476. The Morgan fingerprint density at radius 2 is 1.94 bits per heavy atom. The Hall–Kier alpha value is -1.00. The second kappa shape index (κ2) is 5.76. The summed E-state index contributed by atoms with van der Waals surface area (Å²) >= 11 is 0. The topological polar surface area (TPSA) is 15.3 Å². The largest absolute Gasteiger partial charge is 0.310 e. The molecule has 0 aromatic heterocycles. The molecule has 4 heteroatoms. The van der Waals surface area contributed by atoms with Crippen LogP contribution in [0.4, 0.5) is 8.78 Å². The van der Waals surface area contributed by atoms with Crippen LogP contribution in [0.1, 0.15) is 24.0 Å². The Kier molecular flexibility index (Phi) is 4.30. The first-order valence-corrected chi connectivity index (χ1v) is 6.43. The lowest BCUT2D eigenvalue weighted by atomic mass is 10.0. The van der Waals surface area contributed by atoms with E-state index in [1.165, 1.54) is 19.1 Å². The number of rotatable bonds is 3. The summed E-state index contributed by atoms with van der Waals surface area (Å²) in [4.78, 5) is 2.29. The minimum absolute atomic E-state index is 0.109. The van der Waals surface area contributed by atoms with Gasteiger partial charge >= 0.3 is 0 Å². The molecule has 0 radical (unpaired) electrons. The maximum absolute atomic E-state index is 13.8. The first-order valence-electron chi connectivity index (χ1n) is 6.43. The van der Waals surface area contributed by atoms with Crippen LogP contribution < -0.4 is 5.32 Å². The summed E-state index contributed by atoms with van der Waals surface area (Å²) in [5, 5.41) is 3.36. The fraction of sp³-hybridized carbons (Fsp3) is 0.571. The first kappa shape index (κ1) is 13.4. The zero-order valence-corrected chi connectivity index (χ0v) is 11.0. The molecule has 18 heavy (non-hydrogen) atoms. The molecular weight excluding hydrogens is 234 g/mol. The predicted octanol–water partition coefficient (Wildman–Crippen LogP) is 2.46. The molecule has 2 rings (SSSR count). The predicted molar refractivity (Wildman–Crippen MR) is 68.5 cm³/mol. The van der Waals surface area contributed by atoms with Crippen molar-refractivity contribution in [3.8, 4) is 0 Å². The summed E-state index contributed by atoms with van der Waals surface area (Å²) < 4.78 is 26.9. The molecule has 1 aliphatic heterocycles. The van der Waals surface area contributed by atoms with E-state index in [1.807, 2.05) is 0 Å². The number of likely N-dealkylation sites (tertiary alicyclic amines) is 1. The average molecular weight is 254 g/mol. The Bertz CT molecular complexity index is 413. The Labute approximate surface area is 107 Å². The van der Waals surface area contributed by atoms with Crippen LogP contribution in [0.15, 0.2) is 12.1 Å². The molecule has 2 nitrogen and oxygen atoms in total. The number of hydrogen-bond acceptors (Lipinski definition) is 2. The summed E-state index contributed by atoms with van der Waals surface area (Å²) in [5.74, 6) is -0.897. The minimum Gasteiger partial charge on any atom is -0.310 e. The smallest absolute Gasteiger partial charge is 0.133 e. The summed E-state index contributed by atoms with van der Waals surface area (Å²) in [6.45, 7) is 4.09. The number of benzene rings is 1. The quantitative estimate of drug-likeness (QED) is 0.891. The van der Waals surface area contributed by atoms with Gasteiger partial charge in [-0.1, -0.05) is 6.07 Å². The first-order chi connectivity index (χ1) is 8.58. The summed E-state index contributed by atoms with van der Waals surface area (Å²) in [6.07, 6.45) is 2.16. The Morgan fingerprint density at radius 1 is 1.28 bits per heavy atom. The van der Waals surface area contributed by atoms with Crippen LogP contribution in [0.2, 0.25) is 0 Å². The molecule has 0 unspecified atom stereocenters. The summed E-state index contributed by atoms with van der Waals surface area (Å²) in [6, 6.07) is 3.30. The van der Waals surface area contributed by atoms with Gasteiger partial charge in [0.05, 0.1) is 0 Å². The molecule has 0 amide bonds. The highest BCUT2D eigenvalue weighted by Gasteiger charge is 2.17. The van der Waals surface area contributed by atoms with Gasteiger partial charge in [0.25, 0.3) is 0 Å². The molecule has 100 valence electrons. The second-order valence-corrected chi connectivity index (χ2v) is 5.10. The fourth-order valence-corrected chi connectivity index (χ4v) is 2.32. The molecule has 0 saturated carbocycles. The third-order valence-corrected chi connectivity index (χ3v) is 3.70. The number of hydrogen-bond donors (Lipinski definition) is 1. The Balaban J connectivity index is 1.92. The van der Waals surface area contributed by atoms with Gasteiger partial charge in [0.15, 0.2) is 0 Å². The van der Waals surface area contributed by atoms with E-state index >= 15 is 0 Å². The SMILES string of the molecule is Cc1c(F)ccc(CNC2CCN(C)CC2)c1F. The van der Waals surface area contributed by atoms with Crippen molar-refractivity contribution < 1.29 is 8.78 Å². The maximum Gasteiger partial charge on any atom is 0.133 e. The van der Waals surface area contributed by atoms with Crippen molar-refractivity contribution in [3.05, 3.63) is 34.9 Å². The number of nitrogens with zero attached hydrogens (tertiary/aromatic N) is 1. The zero-order valence-electron chi connectivity index (χ0n) is 11.0. The second-order valence-electron chi connectivity index (χ2n) is 5.10. The van der Waals surface area contributed by atoms with Crippen molar-refractivity contribution in [1.29, 1.82) is 0 Å². The van der Waals surface area contributed by atoms with Crippen molar-refractivity contribution in [1.82, 2.24) is 10.2 Å². The van der Waals surface area contributed by atoms with Crippen molar-refractivity contribution in [2.24, 2.45) is 0 Å². The molecule has 0 aliphatic carbocycles. The molecule has 0 atom stereocenters. The van der Waals surface area contributed by atoms with Gasteiger partial charge in [0, 0.05) is 23.7 Å². The summed E-state index contributed by atoms with van der Waals surface area (Å²) in [5.41, 5.74) is 0.658. The lowest BCUT2D eigenvalue weighted by Crippen LogP contribution is -2.40. The lowest BCUT2D eigenvalue weighted by Gasteiger charge is -2.29. The molecule has 0 spiro atoms. The molecule has 1 fully saturated rings. The highest BCUT2D eigenvalue weighted by atomic mass is 19.1. The van der Waals surface area contributed by atoms with E-state index in [-0.39, 0.29) is 5.56 Å². The Morgan fingerprint density at radius 3 is 2.61 bits per heavy atom. The van der Waals surface area contributed by atoms with Crippen molar-refractivity contribution in [3.63, 3.8) is 0 Å². The number of nitrogens with one attached hydrogen (secondary N) is 1. The van der Waals surface area contributed by atoms with Crippen LogP contribution in [0.5, 0.6) is 0 Å². The van der Waals surface area contributed by atoms with E-state index in [0.29, 0.717) is 18.2 Å². The fourth-order valence-electron chi connectivity index (χ4n) is 2.32. The average Bonchev–Trinajstić information content (AvgIpc) is 2.37. The molecule has 1 saturated heterocycles. The molecule has 1 N–H and O–H groups in total. The molecular formula is C14H20F2N2. The van der Waals surface area contributed by atoms with Crippen LogP contribution in [-0.4, -0.2) is 31.1 Å². The van der Waals surface area contributed by atoms with E-state index in [0.717, 1.165) is 25.9 Å². The van der Waals surface area contributed by atoms with E-state index < -0.39 is 11.6 Å². The van der Waals surface area contributed by atoms with Crippen molar-refractivity contribution in [2.45, 2.75) is 32.4 Å². The molecule has 0 bridgehead atoms. The monoisotopic (exact) mass is 254 g/mol. The standard InChI is InChI=1S/C14H20F2N2/c1-10-13(15)4-3-11(14(10)16)9-17-12-5-7-18(2)8-6-12/h3-4,12,17H,5-9H2,1-2H3. The van der Waals surface area contributed by atoms with Crippen LogP contribution in [0.3, 0.4) is 0 Å². The van der Waals surface area contributed by atoms with Crippen LogP contribution >= 0.6 is 0 Å². The molecule has 1 aromatic carbocycles. The third kappa shape index (κ3) is 3.06. The number of piperidine rings is 1. The van der Waals surface area contributed by atoms with E-state index in [2.05, 4.69) is 17.3 Å². The van der Waals surface area contributed by atoms with Gasteiger partial charge in [-0.05, 0) is 46.0 Å². The van der Waals surface area contributed by atoms with Crippen LogP contribution in [0.25, 0.3) is 0 Å². The van der Waals surface area contributed by atoms with Crippen LogP contribution in [0, 0.1) is 18.6 Å².